The van der Waals surface area contributed by atoms with Crippen molar-refractivity contribution < 1.29 is 9.18 Å². The summed E-state index contributed by atoms with van der Waals surface area (Å²) in [6, 6.07) is 5.60. The number of hydrogen-bond acceptors (Lipinski definition) is 5. The first kappa shape index (κ1) is 16.1. The third-order valence-electron chi connectivity index (χ3n) is 3.31. The van der Waals surface area contributed by atoms with Gasteiger partial charge in [0.2, 0.25) is 5.91 Å². The molecule has 2 N–H and O–H groups in total. The fourth-order valence-corrected chi connectivity index (χ4v) is 4.21. The highest BCUT2D eigenvalue weighted by Gasteiger charge is 2.26. The van der Waals surface area contributed by atoms with Crippen LogP contribution in [0.3, 0.4) is 0 Å². The molecule has 1 aliphatic heterocycles. The van der Waals surface area contributed by atoms with Gasteiger partial charge >= 0.3 is 0 Å². The predicted molar refractivity (Wildman–Crippen MR) is 88.7 cm³/mol. The SMILES string of the molecule is CC1Cc2nc(SCC(N)=O)n(-c3ccc(F)cc3)c(=O)c2S1. The van der Waals surface area contributed by atoms with Crippen LogP contribution in [0, 0.1) is 5.82 Å². The van der Waals surface area contributed by atoms with Gasteiger partial charge in [0.25, 0.3) is 5.56 Å². The van der Waals surface area contributed by atoms with Gasteiger partial charge in [-0.1, -0.05) is 18.7 Å². The lowest BCUT2D eigenvalue weighted by atomic mass is 10.2. The van der Waals surface area contributed by atoms with Crippen LogP contribution in [-0.2, 0) is 11.2 Å². The zero-order valence-corrected chi connectivity index (χ0v) is 13.9. The maximum atomic E-state index is 13.2. The van der Waals surface area contributed by atoms with Crippen LogP contribution in [0.2, 0.25) is 0 Å². The van der Waals surface area contributed by atoms with Gasteiger partial charge in [-0.3, -0.25) is 14.2 Å². The summed E-state index contributed by atoms with van der Waals surface area (Å²) in [6.45, 7) is 2.03. The molecule has 1 amide bonds. The zero-order chi connectivity index (χ0) is 16.6. The number of carbonyl (C=O) groups excluding carboxylic acids is 1. The minimum absolute atomic E-state index is 0.0229. The average molecular weight is 351 g/mol. The molecule has 0 saturated heterocycles. The summed E-state index contributed by atoms with van der Waals surface area (Å²) in [5.74, 6) is -0.849. The number of rotatable bonds is 4. The first-order chi connectivity index (χ1) is 11.0. The van der Waals surface area contributed by atoms with E-state index in [9.17, 15) is 14.0 Å². The molecule has 0 bridgehead atoms. The topological polar surface area (TPSA) is 78.0 Å². The molecular formula is C15H14FN3O2S2. The number of amides is 1. The van der Waals surface area contributed by atoms with Crippen molar-refractivity contribution in [1.29, 1.82) is 0 Å². The van der Waals surface area contributed by atoms with Crippen molar-refractivity contribution >= 4 is 29.4 Å². The van der Waals surface area contributed by atoms with E-state index in [1.165, 1.54) is 40.6 Å². The molecular weight excluding hydrogens is 337 g/mol. The highest BCUT2D eigenvalue weighted by atomic mass is 32.2. The van der Waals surface area contributed by atoms with Crippen molar-refractivity contribution in [1.82, 2.24) is 9.55 Å². The Hall–Kier alpha value is -1.80. The number of nitrogens with two attached hydrogens (primary N) is 1. The quantitative estimate of drug-likeness (QED) is 0.673. The molecule has 0 aliphatic carbocycles. The van der Waals surface area contributed by atoms with Gasteiger partial charge in [-0.2, -0.15) is 0 Å². The molecule has 1 atom stereocenters. The van der Waals surface area contributed by atoms with E-state index in [-0.39, 0.29) is 22.4 Å². The Labute approximate surface area is 140 Å². The highest BCUT2D eigenvalue weighted by Crippen LogP contribution is 2.34. The van der Waals surface area contributed by atoms with Gasteiger partial charge in [-0.15, -0.1) is 11.8 Å². The standard InChI is InChI=1S/C15H14FN3O2S2/c1-8-6-11-13(23-8)14(21)19(10-4-2-9(16)3-5-10)15(18-11)22-7-12(17)20/h2-5,8H,6-7H2,1H3,(H2,17,20). The molecule has 1 aromatic heterocycles. The Bertz CT molecular complexity index is 821. The van der Waals surface area contributed by atoms with Crippen LogP contribution in [-0.4, -0.2) is 26.5 Å². The maximum absolute atomic E-state index is 13.2. The van der Waals surface area contributed by atoms with Gasteiger partial charge in [0.15, 0.2) is 5.16 Å². The van der Waals surface area contributed by atoms with Crippen molar-refractivity contribution in [3.05, 3.63) is 46.1 Å². The molecule has 1 aliphatic rings. The molecule has 1 unspecified atom stereocenters. The highest BCUT2D eigenvalue weighted by molar-refractivity contribution is 8.00. The monoisotopic (exact) mass is 351 g/mol. The largest absolute Gasteiger partial charge is 0.369 e. The molecule has 2 aromatic rings. The summed E-state index contributed by atoms with van der Waals surface area (Å²) in [6.07, 6.45) is 0.712. The summed E-state index contributed by atoms with van der Waals surface area (Å²) >= 11 is 2.60. The van der Waals surface area contributed by atoms with E-state index in [1.54, 1.807) is 0 Å². The van der Waals surface area contributed by atoms with Crippen LogP contribution in [0.1, 0.15) is 12.6 Å². The normalized spacial score (nSPS) is 16.3. The zero-order valence-electron chi connectivity index (χ0n) is 12.3. The molecule has 5 nitrogen and oxygen atoms in total. The van der Waals surface area contributed by atoms with Crippen LogP contribution < -0.4 is 11.3 Å². The van der Waals surface area contributed by atoms with Gasteiger partial charge in [0.1, 0.15) is 5.82 Å². The summed E-state index contributed by atoms with van der Waals surface area (Å²) in [4.78, 5) is 29.1. The summed E-state index contributed by atoms with van der Waals surface area (Å²) in [5.41, 5.74) is 6.26. The van der Waals surface area contributed by atoms with E-state index < -0.39 is 5.91 Å². The lowest BCUT2D eigenvalue weighted by molar-refractivity contribution is -0.115. The van der Waals surface area contributed by atoms with Crippen LogP contribution >= 0.6 is 23.5 Å². The molecule has 0 saturated carbocycles. The molecule has 0 spiro atoms. The second-order valence-electron chi connectivity index (χ2n) is 5.17. The number of hydrogen-bond donors (Lipinski definition) is 1. The Morgan fingerprint density at radius 1 is 1.48 bits per heavy atom. The van der Waals surface area contributed by atoms with Gasteiger partial charge in [0, 0.05) is 11.7 Å². The van der Waals surface area contributed by atoms with Crippen molar-refractivity contribution in [3.8, 4) is 5.69 Å². The van der Waals surface area contributed by atoms with E-state index in [0.29, 0.717) is 22.2 Å². The number of nitrogens with zero attached hydrogens (tertiary/aromatic N) is 2. The van der Waals surface area contributed by atoms with Crippen LogP contribution in [0.5, 0.6) is 0 Å². The van der Waals surface area contributed by atoms with Crippen LogP contribution in [0.15, 0.2) is 39.1 Å². The molecule has 3 rings (SSSR count). The van der Waals surface area contributed by atoms with E-state index in [2.05, 4.69) is 4.98 Å². The van der Waals surface area contributed by atoms with E-state index in [1.807, 2.05) is 6.92 Å². The number of aromatic nitrogens is 2. The summed E-state index contributed by atoms with van der Waals surface area (Å²) in [7, 11) is 0. The van der Waals surface area contributed by atoms with Crippen LogP contribution in [0.4, 0.5) is 4.39 Å². The van der Waals surface area contributed by atoms with Crippen molar-refractivity contribution in [2.24, 2.45) is 5.73 Å². The molecule has 8 heteroatoms. The number of fused-ring (bicyclic) bond motifs is 1. The van der Waals surface area contributed by atoms with Crippen LogP contribution in [0.25, 0.3) is 5.69 Å². The smallest absolute Gasteiger partial charge is 0.272 e. The summed E-state index contributed by atoms with van der Waals surface area (Å²) < 4.78 is 14.6. The minimum Gasteiger partial charge on any atom is -0.369 e. The lowest BCUT2D eigenvalue weighted by Gasteiger charge is -2.13. The van der Waals surface area contributed by atoms with Crippen molar-refractivity contribution in [2.75, 3.05) is 5.75 Å². The fraction of sp³-hybridized carbons (Fsp3) is 0.267. The molecule has 0 fully saturated rings. The predicted octanol–water partition coefficient (Wildman–Crippen LogP) is 1.99. The lowest BCUT2D eigenvalue weighted by Crippen LogP contribution is -2.24. The third-order valence-corrected chi connectivity index (χ3v) is 5.49. The molecule has 120 valence electrons. The molecule has 2 heterocycles. The van der Waals surface area contributed by atoms with Crippen molar-refractivity contribution in [3.63, 3.8) is 0 Å². The van der Waals surface area contributed by atoms with Gasteiger partial charge in [-0.25, -0.2) is 9.37 Å². The maximum Gasteiger partial charge on any atom is 0.272 e. The van der Waals surface area contributed by atoms with E-state index in [0.717, 1.165) is 17.5 Å². The van der Waals surface area contributed by atoms with E-state index >= 15 is 0 Å². The van der Waals surface area contributed by atoms with Gasteiger partial charge < -0.3 is 5.73 Å². The Balaban J connectivity index is 2.15. The second-order valence-corrected chi connectivity index (χ2v) is 7.57. The average Bonchev–Trinajstić information content (AvgIpc) is 2.87. The first-order valence-corrected chi connectivity index (χ1v) is 8.82. The Morgan fingerprint density at radius 3 is 2.83 bits per heavy atom. The molecule has 1 aromatic carbocycles. The number of halogens is 1. The van der Waals surface area contributed by atoms with E-state index in [4.69, 9.17) is 5.73 Å². The van der Waals surface area contributed by atoms with Gasteiger partial charge in [-0.05, 0) is 24.3 Å². The first-order valence-electron chi connectivity index (χ1n) is 6.95. The summed E-state index contributed by atoms with van der Waals surface area (Å²) in [5, 5.41) is 0.678. The molecule has 23 heavy (non-hydrogen) atoms. The second kappa shape index (κ2) is 6.37. The number of primary amides is 1. The Morgan fingerprint density at radius 2 is 2.17 bits per heavy atom. The molecule has 0 radical (unpaired) electrons. The number of carbonyl (C=O) groups is 1. The number of thioether (sulfide) groups is 2. The number of benzene rings is 1. The Kier molecular flexibility index (Phi) is 4.45. The van der Waals surface area contributed by atoms with Gasteiger partial charge in [0.05, 0.1) is 22.0 Å². The van der Waals surface area contributed by atoms with Crippen molar-refractivity contribution in [2.45, 2.75) is 28.6 Å². The minimum atomic E-state index is -0.488. The fourth-order valence-electron chi connectivity index (χ4n) is 2.35. The third kappa shape index (κ3) is 3.28.